The third-order valence-corrected chi connectivity index (χ3v) is 9.30. The maximum Gasteiger partial charge on any atom is 0.139 e. The molecule has 2 fully saturated rings. The second kappa shape index (κ2) is 10.5. The van der Waals surface area contributed by atoms with Gasteiger partial charge in [-0.25, -0.2) is 0 Å². The molecule has 0 spiro atoms. The van der Waals surface area contributed by atoms with E-state index in [0.717, 1.165) is 57.5 Å². The number of ketones is 1. The summed E-state index contributed by atoms with van der Waals surface area (Å²) >= 11 is 0. The maximum atomic E-state index is 13.1. The highest BCUT2D eigenvalue weighted by molar-refractivity contribution is 5.87. The summed E-state index contributed by atoms with van der Waals surface area (Å²) in [6.45, 7) is 10.3. The number of aromatic hydroxyl groups is 1. The Morgan fingerprint density at radius 3 is 2.51 bits per heavy atom. The van der Waals surface area contributed by atoms with E-state index in [1.807, 2.05) is 12.1 Å². The highest BCUT2D eigenvalue weighted by Crippen LogP contribution is 2.64. The lowest BCUT2D eigenvalue weighted by atomic mass is 9.51. The summed E-state index contributed by atoms with van der Waals surface area (Å²) in [5.74, 6) is 3.45. The third kappa shape index (κ3) is 4.72. The molecule has 3 aliphatic rings. The predicted molar refractivity (Wildman–Crippen MR) is 143 cm³/mol. The van der Waals surface area contributed by atoms with Crippen molar-refractivity contribution in [2.45, 2.75) is 64.7 Å². The number of carbonyl (C=O) groups is 1. The molecule has 0 unspecified atom stereocenters. The van der Waals surface area contributed by atoms with Crippen molar-refractivity contribution in [1.29, 1.82) is 0 Å². The van der Waals surface area contributed by atoms with E-state index < -0.39 is 0 Å². The standard InChI is InChI=1S/C30H39NO3.ClH/c1-4-31(5-2)16-17-34-23-10-6-20(7-11-23)26-19-30(3)27(14-15-28(30)33)25-12-8-21-18-22(32)9-13-24(21)29(25)26;/h6-7,9-11,13,18,25-27,29,32H,4-5,8,12,14-17,19H2,1-3H3;1H/t25-,26+,27-,29+,30-;/m0./s1. The fourth-order valence-corrected chi connectivity index (χ4v) is 7.43. The van der Waals surface area contributed by atoms with Gasteiger partial charge in [0.15, 0.2) is 0 Å². The Hall–Kier alpha value is -2.04. The highest BCUT2D eigenvalue weighted by Gasteiger charge is 2.57. The summed E-state index contributed by atoms with van der Waals surface area (Å²) < 4.78 is 6.04. The van der Waals surface area contributed by atoms with Gasteiger partial charge in [0.25, 0.3) is 0 Å². The smallest absolute Gasteiger partial charge is 0.139 e. The van der Waals surface area contributed by atoms with Crippen LogP contribution in [0.2, 0.25) is 0 Å². The largest absolute Gasteiger partial charge is 0.508 e. The van der Waals surface area contributed by atoms with E-state index in [1.165, 1.54) is 16.7 Å². The molecule has 2 aromatic carbocycles. The minimum atomic E-state index is -0.209. The van der Waals surface area contributed by atoms with Crippen molar-refractivity contribution < 1.29 is 14.6 Å². The number of ether oxygens (including phenoxy) is 1. The summed E-state index contributed by atoms with van der Waals surface area (Å²) in [7, 11) is 0. The van der Waals surface area contributed by atoms with Crippen molar-refractivity contribution in [2.24, 2.45) is 17.3 Å². The highest BCUT2D eigenvalue weighted by atomic mass is 35.5. The molecule has 1 N–H and O–H groups in total. The lowest BCUT2D eigenvalue weighted by Crippen LogP contribution is -2.45. The molecule has 5 rings (SSSR count). The number of aryl methyl sites for hydroxylation is 1. The molecule has 0 aliphatic heterocycles. The molecule has 0 saturated heterocycles. The number of halogens is 1. The molecule has 3 aliphatic carbocycles. The van der Waals surface area contributed by atoms with Crippen LogP contribution in [-0.2, 0) is 11.2 Å². The molecular weight excluding hydrogens is 458 g/mol. The number of Topliss-reactive ketones (excluding diaryl/α,β-unsaturated/α-hetero) is 1. The Morgan fingerprint density at radius 2 is 1.80 bits per heavy atom. The maximum absolute atomic E-state index is 13.1. The zero-order valence-electron chi connectivity index (χ0n) is 21.3. The number of rotatable bonds is 7. The predicted octanol–water partition coefficient (Wildman–Crippen LogP) is 6.35. The number of fused-ring (bicyclic) bond motifs is 5. The van der Waals surface area contributed by atoms with Crippen LogP contribution in [0.3, 0.4) is 0 Å². The van der Waals surface area contributed by atoms with Gasteiger partial charge in [0.2, 0.25) is 0 Å². The summed E-state index contributed by atoms with van der Waals surface area (Å²) in [6, 6.07) is 14.6. The molecule has 4 nitrogen and oxygen atoms in total. The van der Waals surface area contributed by atoms with E-state index in [2.05, 4.69) is 56.0 Å². The SMILES string of the molecule is CCN(CC)CCOc1ccc([C@H]2C[C@]3(C)C(=O)CC[C@H]3[C@@H]3CCc4cc(O)ccc4[C@H]32)cc1.Cl. The molecule has 35 heavy (non-hydrogen) atoms. The number of benzene rings is 2. The number of carbonyl (C=O) groups excluding carboxylic acids is 1. The first kappa shape index (κ1) is 26.0. The second-order valence-corrected chi connectivity index (χ2v) is 10.9. The number of likely N-dealkylation sites (N-methyl/N-ethyl adjacent to an activating group) is 1. The van der Waals surface area contributed by atoms with Gasteiger partial charge in [-0.1, -0.05) is 39.0 Å². The molecule has 5 heteroatoms. The quantitative estimate of drug-likeness (QED) is 0.484. The van der Waals surface area contributed by atoms with E-state index in [9.17, 15) is 9.90 Å². The van der Waals surface area contributed by atoms with Crippen LogP contribution >= 0.6 is 12.4 Å². The molecule has 190 valence electrons. The van der Waals surface area contributed by atoms with Crippen molar-refractivity contribution >= 4 is 18.2 Å². The van der Waals surface area contributed by atoms with Crippen LogP contribution in [0.1, 0.15) is 75.0 Å². The van der Waals surface area contributed by atoms with Crippen LogP contribution in [0, 0.1) is 17.3 Å². The zero-order valence-corrected chi connectivity index (χ0v) is 22.2. The number of phenolic OH excluding ortho intramolecular Hbond substituents is 1. The molecule has 5 atom stereocenters. The van der Waals surface area contributed by atoms with E-state index >= 15 is 0 Å². The van der Waals surface area contributed by atoms with Gasteiger partial charge < -0.3 is 14.7 Å². The summed E-state index contributed by atoms with van der Waals surface area (Å²) in [6.07, 6.45) is 4.80. The third-order valence-electron chi connectivity index (χ3n) is 9.30. The van der Waals surface area contributed by atoms with Gasteiger partial charge >= 0.3 is 0 Å². The lowest BCUT2D eigenvalue weighted by Gasteiger charge is -2.52. The topological polar surface area (TPSA) is 49.8 Å². The van der Waals surface area contributed by atoms with Crippen molar-refractivity contribution in [1.82, 2.24) is 4.90 Å². The molecule has 2 saturated carbocycles. The Balaban J connectivity index is 0.00000289. The van der Waals surface area contributed by atoms with Gasteiger partial charge in [-0.2, -0.15) is 0 Å². The normalized spacial score (nSPS) is 29.2. The molecule has 0 amide bonds. The summed E-state index contributed by atoms with van der Waals surface area (Å²) in [5, 5.41) is 10.1. The van der Waals surface area contributed by atoms with Crippen LogP contribution in [0.5, 0.6) is 11.5 Å². The lowest BCUT2D eigenvalue weighted by molar-refractivity contribution is -0.130. The number of hydrogen-bond donors (Lipinski definition) is 1. The second-order valence-electron chi connectivity index (χ2n) is 10.9. The molecule has 0 aromatic heterocycles. The minimum absolute atomic E-state index is 0. The van der Waals surface area contributed by atoms with E-state index in [0.29, 0.717) is 41.8 Å². The Kier molecular flexibility index (Phi) is 7.83. The monoisotopic (exact) mass is 497 g/mol. The summed E-state index contributed by atoms with van der Waals surface area (Å²) in [4.78, 5) is 15.5. The number of phenols is 1. The first-order valence-corrected chi connectivity index (χ1v) is 13.2. The molecule has 2 aromatic rings. The van der Waals surface area contributed by atoms with Gasteiger partial charge in [-0.05, 0) is 103 Å². The van der Waals surface area contributed by atoms with Crippen molar-refractivity contribution in [3.05, 3.63) is 59.2 Å². The van der Waals surface area contributed by atoms with Crippen LogP contribution in [-0.4, -0.2) is 42.0 Å². The van der Waals surface area contributed by atoms with Crippen molar-refractivity contribution in [3.63, 3.8) is 0 Å². The molecular formula is C30H40ClNO3. The van der Waals surface area contributed by atoms with Gasteiger partial charge in [0.05, 0.1) is 0 Å². The Bertz CT molecular complexity index is 1030. The fraction of sp³-hybridized carbons (Fsp3) is 0.567. The Labute approximate surface area is 216 Å². The molecule has 0 radical (unpaired) electrons. The average Bonchev–Trinajstić information content (AvgIpc) is 3.15. The first-order chi connectivity index (χ1) is 16.4. The van der Waals surface area contributed by atoms with Crippen LogP contribution in [0.15, 0.2) is 42.5 Å². The van der Waals surface area contributed by atoms with Gasteiger partial charge in [0, 0.05) is 18.4 Å². The fourth-order valence-electron chi connectivity index (χ4n) is 7.43. The van der Waals surface area contributed by atoms with Crippen molar-refractivity contribution in [3.8, 4) is 11.5 Å². The van der Waals surface area contributed by atoms with Crippen LogP contribution in [0.25, 0.3) is 0 Å². The number of nitrogens with zero attached hydrogens (tertiary/aromatic N) is 1. The average molecular weight is 498 g/mol. The van der Waals surface area contributed by atoms with E-state index in [4.69, 9.17) is 4.74 Å². The summed E-state index contributed by atoms with van der Waals surface area (Å²) in [5.41, 5.74) is 3.78. The Morgan fingerprint density at radius 1 is 1.06 bits per heavy atom. The van der Waals surface area contributed by atoms with Crippen molar-refractivity contribution in [2.75, 3.05) is 26.2 Å². The van der Waals surface area contributed by atoms with Gasteiger partial charge in [-0.3, -0.25) is 4.79 Å². The first-order valence-electron chi connectivity index (χ1n) is 13.2. The van der Waals surface area contributed by atoms with E-state index in [1.54, 1.807) is 0 Å². The van der Waals surface area contributed by atoms with Gasteiger partial charge in [0.1, 0.15) is 23.9 Å². The van der Waals surface area contributed by atoms with Crippen LogP contribution < -0.4 is 4.74 Å². The molecule has 0 bridgehead atoms. The number of hydrogen-bond acceptors (Lipinski definition) is 4. The van der Waals surface area contributed by atoms with E-state index in [-0.39, 0.29) is 17.8 Å². The minimum Gasteiger partial charge on any atom is -0.508 e. The van der Waals surface area contributed by atoms with Crippen LogP contribution in [0.4, 0.5) is 0 Å². The molecule has 0 heterocycles. The zero-order chi connectivity index (χ0) is 23.9. The van der Waals surface area contributed by atoms with Gasteiger partial charge in [-0.15, -0.1) is 12.4 Å².